The second-order valence-electron chi connectivity index (χ2n) is 13.7. The van der Waals surface area contributed by atoms with Gasteiger partial charge < -0.3 is 4.42 Å². The van der Waals surface area contributed by atoms with Crippen molar-refractivity contribution in [3.05, 3.63) is 194 Å². The summed E-state index contributed by atoms with van der Waals surface area (Å²) in [4.78, 5) is 10.3. The summed E-state index contributed by atoms with van der Waals surface area (Å²) in [7, 11) is 0. The maximum absolute atomic E-state index is 8.50. The molecule has 0 spiro atoms. The van der Waals surface area contributed by atoms with E-state index in [-0.39, 0.29) is 29.7 Å². The third kappa shape index (κ3) is 5.28. The summed E-state index contributed by atoms with van der Waals surface area (Å²) in [6, 6.07) is 53.9. The van der Waals surface area contributed by atoms with Crippen molar-refractivity contribution in [3.63, 3.8) is 0 Å². The van der Waals surface area contributed by atoms with Crippen LogP contribution in [0.15, 0.2) is 198 Å². The molecular weight excluding hydrogens is 669 g/mol. The van der Waals surface area contributed by atoms with Crippen LogP contribution >= 0.6 is 0 Å². The van der Waals surface area contributed by atoms with Crippen molar-refractivity contribution < 1.29 is 11.3 Å². The second-order valence-corrected chi connectivity index (χ2v) is 13.7. The van der Waals surface area contributed by atoms with Crippen LogP contribution in [0.1, 0.15) is 6.85 Å². The van der Waals surface area contributed by atoms with Gasteiger partial charge in [0.25, 0.3) is 0 Å². The lowest BCUT2D eigenvalue weighted by Gasteiger charge is -2.12. The van der Waals surface area contributed by atoms with Gasteiger partial charge in [-0.2, -0.15) is 0 Å². The van der Waals surface area contributed by atoms with Gasteiger partial charge >= 0.3 is 0 Å². The van der Waals surface area contributed by atoms with Gasteiger partial charge in [0.15, 0.2) is 5.82 Å². The Balaban J connectivity index is 1.07. The number of hydrogen-bond acceptors (Lipinski definition) is 3. The van der Waals surface area contributed by atoms with Crippen molar-refractivity contribution >= 4 is 54.3 Å². The Labute approximate surface area is 324 Å². The van der Waals surface area contributed by atoms with Gasteiger partial charge in [-0.25, -0.2) is 9.97 Å². The zero-order chi connectivity index (χ0) is 40.6. The Bertz CT molecular complexity index is 3480. The monoisotopic (exact) mass is 705 g/mol. The molecule has 0 N–H and O–H groups in total. The quantitative estimate of drug-likeness (QED) is 0.167. The Morgan fingerprint density at radius 3 is 1.60 bits per heavy atom. The topological polar surface area (TPSA) is 38.9 Å². The predicted molar refractivity (Wildman–Crippen MR) is 229 cm³/mol. The fourth-order valence-corrected chi connectivity index (χ4v) is 7.95. The van der Waals surface area contributed by atoms with Gasteiger partial charge in [-0.15, -0.1) is 0 Å². The van der Waals surface area contributed by atoms with Crippen LogP contribution in [0.2, 0.25) is 0 Å². The molecule has 0 saturated heterocycles. The Morgan fingerprint density at radius 1 is 0.364 bits per heavy atom. The smallest absolute Gasteiger partial charge is 0.161 e. The number of benzene rings is 9. The summed E-state index contributed by atoms with van der Waals surface area (Å²) in [5.74, 6) is 0.531. The number of hydrogen-bond donors (Lipinski definition) is 0. The lowest BCUT2D eigenvalue weighted by molar-refractivity contribution is 0.669. The highest BCUT2D eigenvalue weighted by Crippen LogP contribution is 2.41. The number of nitrogens with zero attached hydrogens (tertiary/aromatic N) is 2. The van der Waals surface area contributed by atoms with Gasteiger partial charge in [0.2, 0.25) is 0 Å². The molecule has 2 aromatic heterocycles. The molecular formula is C52H32N2O. The van der Waals surface area contributed by atoms with Crippen LogP contribution in [-0.4, -0.2) is 9.97 Å². The molecule has 0 radical (unpaired) electrons. The van der Waals surface area contributed by atoms with Crippen LogP contribution < -0.4 is 0 Å². The SMILES string of the molecule is [2H]c1c([2H])c([2H])c(-c2ccc(-c3cc(-c4ccccc4)nc(-c4cccc5oc6ccc(-c7ccc8c9ccccc9c9ccccc9c8c7)cc6c45)n3)cc2)c([2H])c1[2H]. The lowest BCUT2D eigenvalue weighted by Crippen LogP contribution is -1.96. The zero-order valence-corrected chi connectivity index (χ0v) is 29.4. The summed E-state index contributed by atoms with van der Waals surface area (Å²) >= 11 is 0. The van der Waals surface area contributed by atoms with E-state index in [0.29, 0.717) is 17.1 Å². The van der Waals surface area contributed by atoms with E-state index in [1.807, 2.05) is 72.8 Å². The average Bonchev–Trinajstić information content (AvgIpc) is 3.69. The van der Waals surface area contributed by atoms with Gasteiger partial charge in [-0.3, -0.25) is 0 Å². The van der Waals surface area contributed by atoms with E-state index in [9.17, 15) is 0 Å². The first-order valence-electron chi connectivity index (χ1n) is 20.7. The second kappa shape index (κ2) is 12.6. The third-order valence-electron chi connectivity index (χ3n) is 10.6. The fourth-order valence-electron chi connectivity index (χ4n) is 7.95. The number of fused-ring (bicyclic) bond motifs is 9. The van der Waals surface area contributed by atoms with Gasteiger partial charge in [-0.05, 0) is 84.9 Å². The van der Waals surface area contributed by atoms with E-state index in [1.54, 1.807) is 12.1 Å². The van der Waals surface area contributed by atoms with Gasteiger partial charge in [0.1, 0.15) is 11.2 Å². The van der Waals surface area contributed by atoms with Crippen molar-refractivity contribution in [3.8, 4) is 56.2 Å². The molecule has 3 heteroatoms. The zero-order valence-electron chi connectivity index (χ0n) is 34.4. The predicted octanol–water partition coefficient (Wildman–Crippen LogP) is 14.2. The Morgan fingerprint density at radius 2 is 0.909 bits per heavy atom. The van der Waals surface area contributed by atoms with Crippen LogP contribution in [0, 0.1) is 0 Å². The highest BCUT2D eigenvalue weighted by Gasteiger charge is 2.18. The molecule has 9 aromatic carbocycles. The Hall–Kier alpha value is -7.36. The normalized spacial score (nSPS) is 12.9. The molecule has 11 aromatic rings. The standard InChI is InChI=1S/C52H32N2O/c1-3-12-33(13-4-1)34-22-24-36(25-23-34)48-32-47(35-14-5-2-6-15-35)53-52(54-48)44-20-11-21-50-51(44)46-31-38(27-29-49(46)55-50)37-26-28-43-41-18-8-7-16-39(41)40-17-9-10-19-42(40)45(43)30-37/h1-32H/i1D,3D,4D,12D,13D. The molecule has 0 aliphatic heterocycles. The van der Waals surface area contributed by atoms with E-state index in [4.69, 9.17) is 21.2 Å². The highest BCUT2D eigenvalue weighted by atomic mass is 16.3. The van der Waals surface area contributed by atoms with Crippen molar-refractivity contribution in [1.29, 1.82) is 0 Å². The van der Waals surface area contributed by atoms with Gasteiger partial charge in [0, 0.05) is 27.5 Å². The minimum atomic E-state index is -0.416. The lowest BCUT2D eigenvalue weighted by atomic mass is 9.92. The van der Waals surface area contributed by atoms with E-state index >= 15 is 0 Å². The van der Waals surface area contributed by atoms with E-state index in [0.717, 1.165) is 55.4 Å². The van der Waals surface area contributed by atoms with E-state index in [2.05, 4.69) is 78.9 Å². The maximum atomic E-state index is 8.50. The van der Waals surface area contributed by atoms with Crippen LogP contribution in [-0.2, 0) is 0 Å². The molecule has 0 saturated carbocycles. The first-order valence-corrected chi connectivity index (χ1v) is 18.2. The number of aromatic nitrogens is 2. The summed E-state index contributed by atoms with van der Waals surface area (Å²) in [5.41, 5.74) is 8.31. The highest BCUT2D eigenvalue weighted by molar-refractivity contribution is 6.26. The maximum Gasteiger partial charge on any atom is 0.161 e. The molecule has 0 aliphatic rings. The van der Waals surface area contributed by atoms with Crippen molar-refractivity contribution in [1.82, 2.24) is 9.97 Å². The first kappa shape index (κ1) is 26.4. The van der Waals surface area contributed by atoms with Crippen LogP contribution in [0.25, 0.3) is 110 Å². The first-order chi connectivity index (χ1) is 29.3. The molecule has 2 heterocycles. The van der Waals surface area contributed by atoms with Crippen LogP contribution in [0.4, 0.5) is 0 Å². The van der Waals surface area contributed by atoms with E-state index in [1.165, 1.54) is 32.3 Å². The molecule has 55 heavy (non-hydrogen) atoms. The van der Waals surface area contributed by atoms with Crippen molar-refractivity contribution in [2.45, 2.75) is 0 Å². The summed E-state index contributed by atoms with van der Waals surface area (Å²) in [6.45, 7) is 0. The largest absolute Gasteiger partial charge is 0.456 e. The minimum absolute atomic E-state index is 0.157. The van der Waals surface area contributed by atoms with Crippen molar-refractivity contribution in [2.75, 3.05) is 0 Å². The van der Waals surface area contributed by atoms with Gasteiger partial charge in [0.05, 0.1) is 18.2 Å². The summed E-state index contributed by atoms with van der Waals surface area (Å²) in [5, 5.41) is 9.25. The summed E-state index contributed by atoms with van der Waals surface area (Å²) in [6.07, 6.45) is 0. The molecule has 0 aliphatic carbocycles. The van der Waals surface area contributed by atoms with Gasteiger partial charge in [-0.1, -0.05) is 164 Å². The molecule has 0 atom stereocenters. The molecule has 3 nitrogen and oxygen atoms in total. The molecule has 0 amide bonds. The number of furan rings is 1. The van der Waals surface area contributed by atoms with E-state index < -0.39 is 6.04 Å². The molecule has 11 rings (SSSR count). The Kier molecular flexibility index (Phi) is 6.07. The molecule has 0 unspecified atom stereocenters. The molecule has 0 fully saturated rings. The van der Waals surface area contributed by atoms with Crippen LogP contribution in [0.3, 0.4) is 0 Å². The summed E-state index contributed by atoms with van der Waals surface area (Å²) < 4.78 is 47.8. The van der Waals surface area contributed by atoms with Crippen LogP contribution in [0.5, 0.6) is 0 Å². The number of rotatable bonds is 5. The molecule has 0 bridgehead atoms. The third-order valence-corrected chi connectivity index (χ3v) is 10.6. The molecule has 256 valence electrons. The minimum Gasteiger partial charge on any atom is -0.456 e. The van der Waals surface area contributed by atoms with Crippen molar-refractivity contribution in [2.24, 2.45) is 0 Å². The fraction of sp³-hybridized carbons (Fsp3) is 0. The average molecular weight is 706 g/mol.